The molecule has 1 aromatic heterocycles. The molecule has 0 amide bonds. The Kier molecular flexibility index (Phi) is 2.81. The quantitative estimate of drug-likeness (QED) is 0.895. The lowest BCUT2D eigenvalue weighted by atomic mass is 10.0. The van der Waals surface area contributed by atoms with Crippen molar-refractivity contribution in [2.24, 2.45) is 5.92 Å². The van der Waals surface area contributed by atoms with E-state index in [2.05, 4.69) is 17.0 Å². The number of hydrogen-bond acceptors (Lipinski definition) is 3. The predicted octanol–water partition coefficient (Wildman–Crippen LogP) is 2.23. The van der Waals surface area contributed by atoms with E-state index in [9.17, 15) is 9.90 Å². The summed E-state index contributed by atoms with van der Waals surface area (Å²) in [6, 6.07) is 6.87. The van der Waals surface area contributed by atoms with Gasteiger partial charge in [0.1, 0.15) is 5.82 Å². The fourth-order valence-corrected chi connectivity index (χ4v) is 2.44. The van der Waals surface area contributed by atoms with Crippen LogP contribution < -0.4 is 0 Å². The maximum Gasteiger partial charge on any atom is 0.336 e. The highest BCUT2D eigenvalue weighted by Crippen LogP contribution is 2.24. The number of carbonyl (C=O) groups is 1. The molecule has 98 valence electrons. The number of nitrogens with zero attached hydrogens (tertiary/aromatic N) is 3. The maximum absolute atomic E-state index is 11.2. The summed E-state index contributed by atoms with van der Waals surface area (Å²) in [5.41, 5.74) is 0.836. The standard InChI is InChI=1S/C14H15N3O2/c1-9-6-7-17-12(8-9)15-13(16-17)10-4-2-3-5-11(10)14(18)19/h2-5,9H,6-8H2,1H3,(H,18,19). The van der Waals surface area contributed by atoms with Crippen molar-refractivity contribution in [3.05, 3.63) is 35.7 Å². The van der Waals surface area contributed by atoms with Gasteiger partial charge >= 0.3 is 5.97 Å². The van der Waals surface area contributed by atoms with E-state index in [1.807, 2.05) is 10.7 Å². The fraction of sp³-hybridized carbons (Fsp3) is 0.357. The Morgan fingerprint density at radius 3 is 3.00 bits per heavy atom. The van der Waals surface area contributed by atoms with Gasteiger partial charge in [0.15, 0.2) is 5.82 Å². The van der Waals surface area contributed by atoms with Crippen LogP contribution >= 0.6 is 0 Å². The third-order valence-corrected chi connectivity index (χ3v) is 3.51. The summed E-state index contributed by atoms with van der Waals surface area (Å²) >= 11 is 0. The molecule has 2 heterocycles. The minimum absolute atomic E-state index is 0.249. The molecular formula is C14H15N3O2. The Bertz CT molecular complexity index is 633. The topological polar surface area (TPSA) is 68.0 Å². The first-order valence-electron chi connectivity index (χ1n) is 6.41. The van der Waals surface area contributed by atoms with Crippen molar-refractivity contribution < 1.29 is 9.90 Å². The molecule has 1 aliphatic rings. The number of hydrogen-bond donors (Lipinski definition) is 1. The molecule has 1 aliphatic heterocycles. The molecule has 3 rings (SSSR count). The van der Waals surface area contributed by atoms with E-state index in [0.29, 0.717) is 17.3 Å². The molecule has 1 aromatic carbocycles. The van der Waals surface area contributed by atoms with Gasteiger partial charge in [-0.05, 0) is 18.4 Å². The van der Waals surface area contributed by atoms with E-state index >= 15 is 0 Å². The Hall–Kier alpha value is -2.17. The Balaban J connectivity index is 2.06. The average Bonchev–Trinajstić information content (AvgIpc) is 2.81. The molecule has 0 radical (unpaired) electrons. The van der Waals surface area contributed by atoms with E-state index in [0.717, 1.165) is 25.2 Å². The molecule has 0 aliphatic carbocycles. The summed E-state index contributed by atoms with van der Waals surface area (Å²) in [5, 5.41) is 13.7. The number of fused-ring (bicyclic) bond motifs is 1. The Morgan fingerprint density at radius 1 is 1.42 bits per heavy atom. The van der Waals surface area contributed by atoms with E-state index in [1.54, 1.807) is 18.2 Å². The molecule has 0 bridgehead atoms. The second kappa shape index (κ2) is 4.50. The first-order valence-corrected chi connectivity index (χ1v) is 6.41. The van der Waals surface area contributed by atoms with Crippen LogP contribution in [-0.2, 0) is 13.0 Å². The van der Waals surface area contributed by atoms with Gasteiger partial charge < -0.3 is 5.11 Å². The smallest absolute Gasteiger partial charge is 0.336 e. The number of rotatable bonds is 2. The summed E-state index contributed by atoms with van der Waals surface area (Å²) < 4.78 is 1.90. The van der Waals surface area contributed by atoms with E-state index in [1.165, 1.54) is 0 Å². The molecule has 1 unspecified atom stereocenters. The number of aromatic carboxylic acids is 1. The molecule has 0 saturated carbocycles. The van der Waals surface area contributed by atoms with Crippen LogP contribution in [0.2, 0.25) is 0 Å². The zero-order valence-corrected chi connectivity index (χ0v) is 10.7. The maximum atomic E-state index is 11.2. The molecular weight excluding hydrogens is 242 g/mol. The molecule has 1 atom stereocenters. The van der Waals surface area contributed by atoms with Gasteiger partial charge in [0, 0.05) is 18.5 Å². The highest BCUT2D eigenvalue weighted by atomic mass is 16.4. The van der Waals surface area contributed by atoms with Crippen LogP contribution in [0.25, 0.3) is 11.4 Å². The largest absolute Gasteiger partial charge is 0.478 e. The van der Waals surface area contributed by atoms with Crippen LogP contribution in [-0.4, -0.2) is 25.8 Å². The molecule has 2 aromatic rings. The summed E-state index contributed by atoms with van der Waals surface area (Å²) in [7, 11) is 0. The van der Waals surface area contributed by atoms with Crippen LogP contribution in [0.5, 0.6) is 0 Å². The second-order valence-corrected chi connectivity index (χ2v) is 5.02. The van der Waals surface area contributed by atoms with Crippen molar-refractivity contribution in [3.63, 3.8) is 0 Å². The van der Waals surface area contributed by atoms with Gasteiger partial charge in [-0.3, -0.25) is 0 Å². The monoisotopic (exact) mass is 257 g/mol. The number of aryl methyl sites for hydroxylation is 1. The summed E-state index contributed by atoms with van der Waals surface area (Å²) in [6.07, 6.45) is 2.00. The van der Waals surface area contributed by atoms with Crippen LogP contribution in [0.15, 0.2) is 24.3 Å². The third-order valence-electron chi connectivity index (χ3n) is 3.51. The minimum atomic E-state index is -0.947. The first kappa shape index (κ1) is 11.9. The molecule has 19 heavy (non-hydrogen) atoms. The fourth-order valence-electron chi connectivity index (χ4n) is 2.44. The average molecular weight is 257 g/mol. The van der Waals surface area contributed by atoms with Crippen molar-refractivity contribution in [1.29, 1.82) is 0 Å². The molecule has 0 fully saturated rings. The lowest BCUT2D eigenvalue weighted by Gasteiger charge is -2.17. The predicted molar refractivity (Wildman–Crippen MR) is 69.9 cm³/mol. The van der Waals surface area contributed by atoms with Crippen LogP contribution in [0.3, 0.4) is 0 Å². The molecule has 5 heteroatoms. The van der Waals surface area contributed by atoms with Gasteiger partial charge in [0.2, 0.25) is 0 Å². The lowest BCUT2D eigenvalue weighted by molar-refractivity contribution is 0.0697. The lowest BCUT2D eigenvalue weighted by Crippen LogP contribution is -2.18. The molecule has 0 spiro atoms. The van der Waals surface area contributed by atoms with Crippen LogP contribution in [0, 0.1) is 5.92 Å². The van der Waals surface area contributed by atoms with Gasteiger partial charge in [-0.25, -0.2) is 14.5 Å². The summed E-state index contributed by atoms with van der Waals surface area (Å²) in [5.74, 6) is 1.13. The van der Waals surface area contributed by atoms with E-state index in [-0.39, 0.29) is 5.56 Å². The van der Waals surface area contributed by atoms with Gasteiger partial charge in [-0.15, -0.1) is 0 Å². The summed E-state index contributed by atoms with van der Waals surface area (Å²) in [4.78, 5) is 15.7. The van der Waals surface area contributed by atoms with Crippen molar-refractivity contribution >= 4 is 5.97 Å². The van der Waals surface area contributed by atoms with E-state index < -0.39 is 5.97 Å². The van der Waals surface area contributed by atoms with Gasteiger partial charge in [0.05, 0.1) is 5.56 Å². The Labute approximate surface area is 110 Å². The Morgan fingerprint density at radius 2 is 2.21 bits per heavy atom. The van der Waals surface area contributed by atoms with Crippen LogP contribution in [0.4, 0.5) is 0 Å². The number of aromatic nitrogens is 3. The van der Waals surface area contributed by atoms with Gasteiger partial charge in [-0.1, -0.05) is 25.1 Å². The second-order valence-electron chi connectivity index (χ2n) is 5.02. The first-order chi connectivity index (χ1) is 9.15. The zero-order chi connectivity index (χ0) is 13.4. The third kappa shape index (κ3) is 2.12. The van der Waals surface area contributed by atoms with Crippen LogP contribution in [0.1, 0.15) is 29.5 Å². The van der Waals surface area contributed by atoms with Crippen molar-refractivity contribution in [2.75, 3.05) is 0 Å². The number of carboxylic acids is 1. The molecule has 0 saturated heterocycles. The normalized spacial score (nSPS) is 18.1. The molecule has 1 N–H and O–H groups in total. The highest BCUT2D eigenvalue weighted by molar-refractivity contribution is 5.94. The van der Waals surface area contributed by atoms with Gasteiger partial charge in [0.25, 0.3) is 0 Å². The highest BCUT2D eigenvalue weighted by Gasteiger charge is 2.21. The number of benzene rings is 1. The van der Waals surface area contributed by atoms with Crippen molar-refractivity contribution in [2.45, 2.75) is 26.3 Å². The van der Waals surface area contributed by atoms with Crippen molar-refractivity contribution in [1.82, 2.24) is 14.8 Å². The summed E-state index contributed by atoms with van der Waals surface area (Å²) in [6.45, 7) is 3.06. The molecule has 5 nitrogen and oxygen atoms in total. The SMILES string of the molecule is CC1CCn2nc(-c3ccccc3C(=O)O)nc2C1. The number of carboxylic acid groups (broad SMARTS) is 1. The van der Waals surface area contributed by atoms with Crippen molar-refractivity contribution in [3.8, 4) is 11.4 Å². The zero-order valence-electron chi connectivity index (χ0n) is 10.7. The van der Waals surface area contributed by atoms with E-state index in [4.69, 9.17) is 0 Å². The van der Waals surface area contributed by atoms with Gasteiger partial charge in [-0.2, -0.15) is 5.10 Å². The minimum Gasteiger partial charge on any atom is -0.478 e.